The van der Waals surface area contributed by atoms with Crippen molar-refractivity contribution in [3.05, 3.63) is 72.7 Å². The highest BCUT2D eigenvalue weighted by atomic mass is 15.2. The van der Waals surface area contributed by atoms with Crippen molar-refractivity contribution in [2.45, 2.75) is 6.54 Å². The summed E-state index contributed by atoms with van der Waals surface area (Å²) in [5.41, 5.74) is 4.65. The molecule has 1 aliphatic rings. The van der Waals surface area contributed by atoms with Gasteiger partial charge >= 0.3 is 0 Å². The SMILES string of the molecule is c1ccc(CN2CCNc3ncc(-c4cccnc4)cc32)cc1. The summed E-state index contributed by atoms with van der Waals surface area (Å²) in [6.07, 6.45) is 5.58. The van der Waals surface area contributed by atoms with Gasteiger partial charge in [-0.1, -0.05) is 36.4 Å². The van der Waals surface area contributed by atoms with Crippen LogP contribution in [0, 0.1) is 0 Å². The Balaban J connectivity index is 1.69. The van der Waals surface area contributed by atoms with Crippen LogP contribution < -0.4 is 10.2 Å². The van der Waals surface area contributed by atoms with Crippen LogP contribution in [0.25, 0.3) is 11.1 Å². The van der Waals surface area contributed by atoms with Crippen LogP contribution in [0.3, 0.4) is 0 Å². The predicted octanol–water partition coefficient (Wildman–Crippen LogP) is 3.58. The van der Waals surface area contributed by atoms with E-state index >= 15 is 0 Å². The molecule has 1 N–H and O–H groups in total. The Labute approximate surface area is 135 Å². The first-order valence-electron chi connectivity index (χ1n) is 7.83. The first-order valence-corrected chi connectivity index (χ1v) is 7.83. The Morgan fingerprint density at radius 2 is 1.91 bits per heavy atom. The molecule has 4 rings (SSSR count). The summed E-state index contributed by atoms with van der Waals surface area (Å²) >= 11 is 0. The Bertz CT molecular complexity index is 787. The lowest BCUT2D eigenvalue weighted by Crippen LogP contribution is -2.34. The molecule has 0 atom stereocenters. The number of pyridine rings is 2. The number of benzene rings is 1. The van der Waals surface area contributed by atoms with Crippen molar-refractivity contribution in [3.8, 4) is 11.1 Å². The van der Waals surface area contributed by atoms with Gasteiger partial charge in [0.05, 0.1) is 5.69 Å². The molecule has 3 aromatic rings. The van der Waals surface area contributed by atoms with Crippen molar-refractivity contribution in [2.24, 2.45) is 0 Å². The average Bonchev–Trinajstić information content (AvgIpc) is 2.63. The molecule has 4 heteroatoms. The number of aromatic nitrogens is 2. The highest BCUT2D eigenvalue weighted by molar-refractivity contribution is 5.75. The number of rotatable bonds is 3. The van der Waals surface area contributed by atoms with Crippen LogP contribution >= 0.6 is 0 Å². The minimum Gasteiger partial charge on any atom is -0.367 e. The van der Waals surface area contributed by atoms with Gasteiger partial charge in [-0.2, -0.15) is 0 Å². The standard InChI is InChI=1S/C19H18N4/c1-2-5-15(6-3-1)14-23-10-9-21-19-18(23)11-17(13-22-19)16-7-4-8-20-12-16/h1-8,11-13H,9-10,14H2,(H,21,22). The monoisotopic (exact) mass is 302 g/mol. The summed E-state index contributed by atoms with van der Waals surface area (Å²) < 4.78 is 0. The molecule has 4 nitrogen and oxygen atoms in total. The fourth-order valence-electron chi connectivity index (χ4n) is 2.92. The van der Waals surface area contributed by atoms with Crippen LogP contribution in [-0.4, -0.2) is 23.1 Å². The molecule has 0 unspecified atom stereocenters. The third kappa shape index (κ3) is 2.88. The van der Waals surface area contributed by atoms with Gasteiger partial charge in [-0.3, -0.25) is 4.98 Å². The lowest BCUT2D eigenvalue weighted by Gasteiger charge is -2.31. The molecule has 0 spiro atoms. The van der Waals surface area contributed by atoms with E-state index in [2.05, 4.69) is 62.6 Å². The van der Waals surface area contributed by atoms with E-state index in [1.165, 1.54) is 5.56 Å². The molecular weight excluding hydrogens is 284 g/mol. The third-order valence-electron chi connectivity index (χ3n) is 4.09. The molecule has 23 heavy (non-hydrogen) atoms. The smallest absolute Gasteiger partial charge is 0.149 e. The molecule has 1 aromatic carbocycles. The second kappa shape index (κ2) is 6.08. The second-order valence-electron chi connectivity index (χ2n) is 5.67. The number of anilines is 2. The van der Waals surface area contributed by atoms with E-state index in [1.807, 2.05) is 18.5 Å². The van der Waals surface area contributed by atoms with Crippen molar-refractivity contribution in [2.75, 3.05) is 23.3 Å². The Hall–Kier alpha value is -2.88. The van der Waals surface area contributed by atoms with Gasteiger partial charge in [0, 0.05) is 49.4 Å². The normalized spacial score (nSPS) is 13.3. The quantitative estimate of drug-likeness (QED) is 0.803. The Morgan fingerprint density at radius 3 is 2.74 bits per heavy atom. The summed E-state index contributed by atoms with van der Waals surface area (Å²) in [5.74, 6) is 0.958. The van der Waals surface area contributed by atoms with E-state index in [-0.39, 0.29) is 0 Å². The van der Waals surface area contributed by atoms with Gasteiger partial charge in [-0.25, -0.2) is 4.98 Å². The van der Waals surface area contributed by atoms with Gasteiger partial charge in [0.25, 0.3) is 0 Å². The first-order chi connectivity index (χ1) is 11.4. The molecule has 3 heterocycles. The van der Waals surface area contributed by atoms with E-state index in [0.29, 0.717) is 0 Å². The van der Waals surface area contributed by atoms with Crippen LogP contribution in [-0.2, 0) is 6.54 Å². The predicted molar refractivity (Wildman–Crippen MR) is 93.4 cm³/mol. The summed E-state index contributed by atoms with van der Waals surface area (Å²) in [4.78, 5) is 11.2. The lowest BCUT2D eigenvalue weighted by molar-refractivity contribution is 0.781. The van der Waals surface area contributed by atoms with Gasteiger partial charge in [0.15, 0.2) is 0 Å². The minimum atomic E-state index is 0.897. The highest BCUT2D eigenvalue weighted by Crippen LogP contribution is 2.32. The number of nitrogens with one attached hydrogen (secondary N) is 1. The fraction of sp³-hybridized carbons (Fsp3) is 0.158. The van der Waals surface area contributed by atoms with Crippen LogP contribution in [0.2, 0.25) is 0 Å². The van der Waals surface area contributed by atoms with E-state index in [9.17, 15) is 0 Å². The number of nitrogens with zero attached hydrogens (tertiary/aromatic N) is 3. The minimum absolute atomic E-state index is 0.897. The summed E-state index contributed by atoms with van der Waals surface area (Å²) in [5, 5.41) is 3.39. The third-order valence-corrected chi connectivity index (χ3v) is 4.09. The summed E-state index contributed by atoms with van der Waals surface area (Å²) in [7, 11) is 0. The lowest BCUT2D eigenvalue weighted by atomic mass is 10.1. The van der Waals surface area contributed by atoms with Gasteiger partial charge in [-0.15, -0.1) is 0 Å². The van der Waals surface area contributed by atoms with Crippen molar-refractivity contribution in [1.29, 1.82) is 0 Å². The number of hydrogen-bond acceptors (Lipinski definition) is 4. The zero-order valence-electron chi connectivity index (χ0n) is 12.8. The van der Waals surface area contributed by atoms with Crippen molar-refractivity contribution >= 4 is 11.5 Å². The largest absolute Gasteiger partial charge is 0.367 e. The maximum Gasteiger partial charge on any atom is 0.149 e. The molecule has 0 saturated carbocycles. The highest BCUT2D eigenvalue weighted by Gasteiger charge is 2.18. The summed E-state index contributed by atoms with van der Waals surface area (Å²) in [6.45, 7) is 2.78. The molecule has 0 saturated heterocycles. The average molecular weight is 302 g/mol. The number of hydrogen-bond donors (Lipinski definition) is 1. The molecular formula is C19H18N4. The zero-order chi connectivity index (χ0) is 15.5. The van der Waals surface area contributed by atoms with Crippen molar-refractivity contribution in [3.63, 3.8) is 0 Å². The van der Waals surface area contributed by atoms with Crippen LogP contribution in [0.1, 0.15) is 5.56 Å². The van der Waals surface area contributed by atoms with Gasteiger partial charge < -0.3 is 10.2 Å². The zero-order valence-corrected chi connectivity index (χ0v) is 12.8. The van der Waals surface area contributed by atoms with Gasteiger partial charge in [0.1, 0.15) is 5.82 Å². The second-order valence-corrected chi connectivity index (χ2v) is 5.67. The molecule has 0 amide bonds. The van der Waals surface area contributed by atoms with Gasteiger partial charge in [0.2, 0.25) is 0 Å². The molecule has 114 valence electrons. The Kier molecular flexibility index (Phi) is 3.64. The van der Waals surface area contributed by atoms with E-state index in [0.717, 1.165) is 42.3 Å². The fourth-order valence-corrected chi connectivity index (χ4v) is 2.92. The summed E-state index contributed by atoms with van der Waals surface area (Å²) in [6, 6.07) is 16.8. The van der Waals surface area contributed by atoms with E-state index in [1.54, 1.807) is 6.20 Å². The molecule has 0 aliphatic carbocycles. The van der Waals surface area contributed by atoms with E-state index in [4.69, 9.17) is 0 Å². The molecule has 0 fully saturated rings. The van der Waals surface area contributed by atoms with Gasteiger partial charge in [-0.05, 0) is 17.7 Å². The van der Waals surface area contributed by atoms with E-state index < -0.39 is 0 Å². The van der Waals surface area contributed by atoms with Crippen molar-refractivity contribution < 1.29 is 0 Å². The van der Waals surface area contributed by atoms with Crippen LogP contribution in [0.15, 0.2) is 67.1 Å². The molecule has 0 bridgehead atoms. The Morgan fingerprint density at radius 1 is 1.00 bits per heavy atom. The number of fused-ring (bicyclic) bond motifs is 1. The molecule has 2 aromatic heterocycles. The maximum absolute atomic E-state index is 4.61. The molecule has 0 radical (unpaired) electrons. The topological polar surface area (TPSA) is 41.0 Å². The van der Waals surface area contributed by atoms with Crippen molar-refractivity contribution in [1.82, 2.24) is 9.97 Å². The van der Waals surface area contributed by atoms with Crippen LogP contribution in [0.4, 0.5) is 11.5 Å². The first kappa shape index (κ1) is 13.8. The maximum atomic E-state index is 4.61. The molecule has 1 aliphatic heterocycles. The van der Waals surface area contributed by atoms with Crippen LogP contribution in [0.5, 0.6) is 0 Å².